The van der Waals surface area contributed by atoms with Crippen molar-refractivity contribution in [2.75, 3.05) is 0 Å². The average molecular weight is 497 g/mol. The Morgan fingerprint density at radius 2 is 1.71 bits per heavy atom. The van der Waals surface area contributed by atoms with Crippen LogP contribution in [0, 0.1) is 0 Å². The first-order valence-electron chi connectivity index (χ1n) is 9.25. The van der Waals surface area contributed by atoms with Crippen molar-refractivity contribution in [3.63, 3.8) is 0 Å². The van der Waals surface area contributed by atoms with Crippen LogP contribution in [0.4, 0.5) is 22.0 Å². The first-order valence-corrected chi connectivity index (χ1v) is 10.7. The van der Waals surface area contributed by atoms with Gasteiger partial charge in [0, 0.05) is 23.5 Å². The molecule has 0 atom stereocenters. The highest BCUT2D eigenvalue weighted by atomic mass is 32.2. The van der Waals surface area contributed by atoms with Crippen LogP contribution in [-0.2, 0) is 16.3 Å². The van der Waals surface area contributed by atoms with E-state index in [0.717, 1.165) is 24.4 Å². The first-order chi connectivity index (χ1) is 15.9. The lowest BCUT2D eigenvalue weighted by molar-refractivity contribution is -0.141. The van der Waals surface area contributed by atoms with Crippen molar-refractivity contribution in [3.05, 3.63) is 72.6 Å². The van der Waals surface area contributed by atoms with Gasteiger partial charge in [0.15, 0.2) is 0 Å². The first kappa shape index (κ1) is 23.4. The van der Waals surface area contributed by atoms with Gasteiger partial charge in [-0.1, -0.05) is 12.1 Å². The Hall–Kier alpha value is -3.78. The largest absolute Gasteiger partial charge is 0.433 e. The van der Waals surface area contributed by atoms with Crippen LogP contribution in [0.2, 0.25) is 0 Å². The molecule has 0 spiro atoms. The number of benzene rings is 1. The Labute approximate surface area is 188 Å². The van der Waals surface area contributed by atoms with Crippen LogP contribution < -0.4 is 0 Å². The summed E-state index contributed by atoms with van der Waals surface area (Å²) in [5.74, 6) is -0.252. The highest BCUT2D eigenvalue weighted by Gasteiger charge is 2.32. The van der Waals surface area contributed by atoms with Crippen molar-refractivity contribution in [2.24, 2.45) is 0 Å². The molecule has 34 heavy (non-hydrogen) atoms. The molecule has 0 radical (unpaired) electrons. The molecule has 14 heteroatoms. The zero-order valence-electron chi connectivity index (χ0n) is 16.6. The van der Waals surface area contributed by atoms with E-state index >= 15 is 0 Å². The van der Waals surface area contributed by atoms with Crippen molar-refractivity contribution in [1.82, 2.24) is 24.5 Å². The molecule has 0 amide bonds. The number of hydrogen-bond acceptors (Lipinski definition) is 6. The number of rotatable bonds is 5. The van der Waals surface area contributed by atoms with Gasteiger partial charge in [0.05, 0.1) is 16.3 Å². The van der Waals surface area contributed by atoms with E-state index in [1.807, 2.05) is 0 Å². The van der Waals surface area contributed by atoms with Crippen molar-refractivity contribution in [2.45, 2.75) is 17.5 Å². The lowest BCUT2D eigenvalue weighted by Crippen LogP contribution is -2.08. The summed E-state index contributed by atoms with van der Waals surface area (Å²) in [5.41, 5.74) is -1.35. The third-order valence-electron chi connectivity index (χ3n) is 4.55. The number of halogens is 5. The van der Waals surface area contributed by atoms with E-state index in [9.17, 15) is 34.9 Å². The summed E-state index contributed by atoms with van der Waals surface area (Å²) < 4.78 is 98.3. The van der Waals surface area contributed by atoms with E-state index in [1.165, 1.54) is 35.3 Å². The maximum absolute atomic E-state index is 13.4. The van der Waals surface area contributed by atoms with E-state index in [2.05, 4.69) is 19.9 Å². The molecule has 4 aromatic rings. The molecule has 1 aromatic carbocycles. The minimum absolute atomic E-state index is 0.0553. The van der Waals surface area contributed by atoms with E-state index in [-0.39, 0.29) is 27.8 Å². The molecule has 1 N–H and O–H groups in total. The van der Waals surface area contributed by atoms with Crippen LogP contribution in [0.5, 0.6) is 0 Å². The van der Waals surface area contributed by atoms with Gasteiger partial charge in [0.1, 0.15) is 17.7 Å². The third-order valence-corrected chi connectivity index (χ3v) is 5.40. The fraction of sp³-hybridized carbons (Fsp3) is 0.100. The summed E-state index contributed by atoms with van der Waals surface area (Å²) in [6.07, 6.45) is -4.28. The van der Waals surface area contributed by atoms with Gasteiger partial charge in [-0.05, 0) is 30.3 Å². The fourth-order valence-electron chi connectivity index (χ4n) is 2.94. The molecule has 8 nitrogen and oxygen atoms in total. The summed E-state index contributed by atoms with van der Waals surface area (Å²) >= 11 is 0. The lowest BCUT2D eigenvalue weighted by atomic mass is 10.1. The van der Waals surface area contributed by atoms with Crippen LogP contribution in [-0.4, -0.2) is 37.5 Å². The molecule has 0 saturated carbocycles. The summed E-state index contributed by atoms with van der Waals surface area (Å²) in [4.78, 5) is 14.9. The van der Waals surface area contributed by atoms with Gasteiger partial charge in [0.25, 0.3) is 16.5 Å². The molecule has 176 valence electrons. The second-order valence-corrected chi connectivity index (χ2v) is 8.30. The molecule has 0 fully saturated rings. The summed E-state index contributed by atoms with van der Waals surface area (Å²) in [6.45, 7) is 0. The normalized spacial score (nSPS) is 12.3. The molecule has 0 bridgehead atoms. The monoisotopic (exact) mass is 497 g/mol. The van der Waals surface area contributed by atoms with Gasteiger partial charge in [-0.2, -0.15) is 21.6 Å². The zero-order chi connectivity index (χ0) is 24.7. The molecule has 0 saturated heterocycles. The molecular weight excluding hydrogens is 485 g/mol. The predicted octanol–water partition coefficient (Wildman–Crippen LogP) is 4.59. The maximum atomic E-state index is 13.4. The fourth-order valence-corrected chi connectivity index (χ4v) is 3.46. The topological polar surface area (TPSA) is 111 Å². The standard InChI is InChI=1S/C20H12F5N5O3S/c21-18(22)15-7-14(12-4-5-17(26-8-12)20(23,24)25)28-19(29-15)30-9-16(27-10-30)11-2-1-3-13(6-11)34(31,32)33/h1-10,18H,(H,31,32,33). The highest BCUT2D eigenvalue weighted by molar-refractivity contribution is 7.85. The van der Waals surface area contributed by atoms with Crippen LogP contribution >= 0.6 is 0 Å². The van der Waals surface area contributed by atoms with Crippen molar-refractivity contribution in [3.8, 4) is 28.5 Å². The zero-order valence-corrected chi connectivity index (χ0v) is 17.5. The smallest absolute Gasteiger partial charge is 0.282 e. The number of aromatic nitrogens is 5. The van der Waals surface area contributed by atoms with Gasteiger partial charge in [-0.3, -0.25) is 14.1 Å². The summed E-state index contributed by atoms with van der Waals surface area (Å²) in [6, 6.07) is 7.92. The minimum atomic E-state index is -4.66. The van der Waals surface area contributed by atoms with Crippen LogP contribution in [0.15, 0.2) is 66.1 Å². The summed E-state index contributed by atoms with van der Waals surface area (Å²) in [7, 11) is -4.46. The Morgan fingerprint density at radius 1 is 0.941 bits per heavy atom. The Kier molecular flexibility index (Phi) is 5.87. The average Bonchev–Trinajstić information content (AvgIpc) is 3.28. The Bertz CT molecular complexity index is 1450. The van der Waals surface area contributed by atoms with Gasteiger partial charge in [-0.15, -0.1) is 0 Å². The minimum Gasteiger partial charge on any atom is -0.282 e. The van der Waals surface area contributed by atoms with Gasteiger partial charge in [0.2, 0.25) is 5.95 Å². The van der Waals surface area contributed by atoms with Gasteiger partial charge < -0.3 is 0 Å². The Morgan fingerprint density at radius 3 is 2.32 bits per heavy atom. The van der Waals surface area contributed by atoms with Gasteiger partial charge in [-0.25, -0.2) is 23.7 Å². The molecule has 3 aromatic heterocycles. The molecule has 0 aliphatic heterocycles. The summed E-state index contributed by atoms with van der Waals surface area (Å²) in [5, 5.41) is 0. The molecular formula is C20H12F5N5O3S. The molecule has 0 unspecified atom stereocenters. The Balaban J connectivity index is 1.75. The number of pyridine rings is 1. The number of hydrogen-bond donors (Lipinski definition) is 1. The van der Waals surface area contributed by atoms with Gasteiger partial charge >= 0.3 is 6.18 Å². The van der Waals surface area contributed by atoms with Crippen molar-refractivity contribution < 1.29 is 34.9 Å². The lowest BCUT2D eigenvalue weighted by Gasteiger charge is -2.09. The second-order valence-electron chi connectivity index (χ2n) is 6.88. The molecule has 0 aliphatic rings. The van der Waals surface area contributed by atoms with E-state index in [1.54, 1.807) is 0 Å². The second kappa shape index (κ2) is 8.53. The quantitative estimate of drug-likeness (QED) is 0.317. The van der Waals surface area contributed by atoms with E-state index < -0.39 is 34.1 Å². The highest BCUT2D eigenvalue weighted by Crippen LogP contribution is 2.30. The maximum Gasteiger partial charge on any atom is 0.433 e. The van der Waals surface area contributed by atoms with Crippen molar-refractivity contribution >= 4 is 10.1 Å². The van der Waals surface area contributed by atoms with Crippen LogP contribution in [0.1, 0.15) is 17.8 Å². The number of alkyl halides is 5. The third kappa shape index (κ3) is 4.92. The van der Waals surface area contributed by atoms with Crippen LogP contribution in [0.3, 0.4) is 0 Å². The van der Waals surface area contributed by atoms with E-state index in [0.29, 0.717) is 11.6 Å². The van der Waals surface area contributed by atoms with Crippen LogP contribution in [0.25, 0.3) is 28.5 Å². The molecule has 3 heterocycles. The van der Waals surface area contributed by atoms with E-state index in [4.69, 9.17) is 0 Å². The van der Waals surface area contributed by atoms with Crippen molar-refractivity contribution in [1.29, 1.82) is 0 Å². The predicted molar refractivity (Wildman–Crippen MR) is 108 cm³/mol. The number of nitrogens with zero attached hydrogens (tertiary/aromatic N) is 5. The molecule has 4 rings (SSSR count). The number of imidazole rings is 1. The SMILES string of the molecule is O=S(=O)(O)c1cccc(-c2cn(-c3nc(-c4ccc(C(F)(F)F)nc4)cc(C(F)F)n3)cn2)c1. The molecule has 0 aliphatic carbocycles.